The highest BCUT2D eigenvalue weighted by atomic mass is 16.4. The molecule has 0 saturated heterocycles. The SMILES string of the molecule is O=C(O)c1n[nH]c(CC2=CC=C=C=C2)n1. The fourth-order valence-electron chi connectivity index (χ4n) is 1.15. The second-order valence-corrected chi connectivity index (χ2v) is 2.93. The summed E-state index contributed by atoms with van der Waals surface area (Å²) < 4.78 is 0. The number of aromatic carboxylic acids is 1. The highest BCUT2D eigenvalue weighted by Crippen LogP contribution is 2.06. The van der Waals surface area contributed by atoms with Crippen LogP contribution in [0.1, 0.15) is 16.4 Å². The summed E-state index contributed by atoms with van der Waals surface area (Å²) in [5, 5.41) is 14.7. The van der Waals surface area contributed by atoms with Crippen molar-refractivity contribution in [1.29, 1.82) is 0 Å². The van der Waals surface area contributed by atoms with Crippen molar-refractivity contribution in [3.05, 3.63) is 46.9 Å². The monoisotopic (exact) mass is 201 g/mol. The Balaban J connectivity index is 2.12. The predicted octanol–water partition coefficient (Wildman–Crippen LogP) is 0.852. The van der Waals surface area contributed by atoms with Gasteiger partial charge < -0.3 is 5.11 Å². The summed E-state index contributed by atoms with van der Waals surface area (Å²) in [5.41, 5.74) is 6.56. The van der Waals surface area contributed by atoms with Crippen molar-refractivity contribution in [3.8, 4) is 0 Å². The second kappa shape index (κ2) is 3.80. The van der Waals surface area contributed by atoms with E-state index in [1.807, 2.05) is 6.08 Å². The lowest BCUT2D eigenvalue weighted by Gasteiger charge is -1.96. The smallest absolute Gasteiger partial charge is 0.375 e. The highest BCUT2D eigenvalue weighted by molar-refractivity contribution is 5.82. The topological polar surface area (TPSA) is 78.9 Å². The van der Waals surface area contributed by atoms with Crippen molar-refractivity contribution in [2.24, 2.45) is 0 Å². The third kappa shape index (κ3) is 2.11. The summed E-state index contributed by atoms with van der Waals surface area (Å²) in [5.74, 6) is -0.825. The Bertz CT molecular complexity index is 527. The maximum atomic E-state index is 10.5. The van der Waals surface area contributed by atoms with Crippen molar-refractivity contribution >= 4 is 5.97 Å². The summed E-state index contributed by atoms with van der Waals surface area (Å²) >= 11 is 0. The number of rotatable bonds is 3. The number of hydrogen-bond donors (Lipinski definition) is 2. The molecule has 74 valence electrons. The summed E-state index contributed by atoms with van der Waals surface area (Å²) in [6, 6.07) is 0. The van der Waals surface area contributed by atoms with Gasteiger partial charge in [-0.25, -0.2) is 9.78 Å². The minimum atomic E-state index is -1.13. The standard InChI is InChI=1S/C10H7N3O2/c14-10(15)9-11-8(12-13-9)6-7-4-2-1-3-5-7/h2,4-5H,6H2,(H,14,15)(H,11,12,13). The molecule has 0 bridgehead atoms. The van der Waals surface area contributed by atoms with Crippen LogP contribution >= 0.6 is 0 Å². The first-order valence-corrected chi connectivity index (χ1v) is 4.27. The lowest BCUT2D eigenvalue weighted by Crippen LogP contribution is -1.99. The van der Waals surface area contributed by atoms with Crippen LogP contribution in [0.2, 0.25) is 0 Å². The van der Waals surface area contributed by atoms with Crippen molar-refractivity contribution in [1.82, 2.24) is 15.2 Å². The van der Waals surface area contributed by atoms with Crippen LogP contribution in [0, 0.1) is 0 Å². The summed E-state index contributed by atoms with van der Waals surface area (Å²) in [7, 11) is 0. The lowest BCUT2D eigenvalue weighted by atomic mass is 10.1. The lowest BCUT2D eigenvalue weighted by molar-refractivity contribution is 0.0684. The molecule has 15 heavy (non-hydrogen) atoms. The van der Waals surface area contributed by atoms with Crippen molar-refractivity contribution < 1.29 is 9.90 Å². The van der Waals surface area contributed by atoms with Crippen LogP contribution in [0.15, 0.2) is 35.3 Å². The van der Waals surface area contributed by atoms with Crippen LogP contribution in [0.3, 0.4) is 0 Å². The first-order valence-electron chi connectivity index (χ1n) is 4.27. The minimum Gasteiger partial charge on any atom is -0.475 e. The fourth-order valence-corrected chi connectivity index (χ4v) is 1.15. The van der Waals surface area contributed by atoms with Crippen LogP contribution in [0.5, 0.6) is 0 Å². The molecule has 1 aliphatic carbocycles. The number of hydrogen-bond acceptors (Lipinski definition) is 3. The molecule has 0 saturated carbocycles. The number of carboxylic acid groups (broad SMARTS) is 1. The van der Waals surface area contributed by atoms with Gasteiger partial charge in [-0.05, 0) is 23.8 Å². The number of H-pyrrole nitrogens is 1. The van der Waals surface area contributed by atoms with Gasteiger partial charge in [-0.1, -0.05) is 11.5 Å². The molecular weight excluding hydrogens is 194 g/mol. The molecule has 0 aliphatic heterocycles. The van der Waals surface area contributed by atoms with E-state index in [1.165, 1.54) is 0 Å². The van der Waals surface area contributed by atoms with E-state index in [-0.39, 0.29) is 5.82 Å². The third-order valence-electron chi connectivity index (χ3n) is 1.82. The van der Waals surface area contributed by atoms with E-state index >= 15 is 0 Å². The average molecular weight is 201 g/mol. The fraction of sp³-hybridized carbons (Fsp3) is 0.100. The molecule has 0 fully saturated rings. The van der Waals surface area contributed by atoms with Crippen LogP contribution in [-0.2, 0) is 6.42 Å². The van der Waals surface area contributed by atoms with Gasteiger partial charge in [0.05, 0.1) is 0 Å². The van der Waals surface area contributed by atoms with Crippen LogP contribution in [0.4, 0.5) is 0 Å². The normalized spacial score (nSPS) is 12.9. The van der Waals surface area contributed by atoms with Crippen LogP contribution < -0.4 is 0 Å². The highest BCUT2D eigenvalue weighted by Gasteiger charge is 2.10. The van der Waals surface area contributed by atoms with Gasteiger partial charge in [0.15, 0.2) is 0 Å². The Hall–Kier alpha value is -2.35. The molecule has 5 heteroatoms. The maximum Gasteiger partial charge on any atom is 0.375 e. The molecule has 1 aromatic rings. The zero-order chi connectivity index (χ0) is 10.7. The van der Waals surface area contributed by atoms with Gasteiger partial charge in [-0.15, -0.1) is 5.10 Å². The molecule has 5 nitrogen and oxygen atoms in total. The number of allylic oxidation sites excluding steroid dienone is 4. The van der Waals surface area contributed by atoms with Crippen LogP contribution in [0.25, 0.3) is 0 Å². The van der Waals surface area contributed by atoms with Gasteiger partial charge in [0.1, 0.15) is 5.82 Å². The average Bonchev–Trinajstić information content (AvgIpc) is 2.68. The van der Waals surface area contributed by atoms with E-state index in [4.69, 9.17) is 5.11 Å². The second-order valence-electron chi connectivity index (χ2n) is 2.93. The molecule has 1 aromatic heterocycles. The molecule has 0 aromatic carbocycles. The quantitative estimate of drug-likeness (QED) is 0.710. The Kier molecular flexibility index (Phi) is 2.33. The van der Waals surface area contributed by atoms with E-state index in [2.05, 4.69) is 26.6 Å². The number of nitrogens with one attached hydrogen (secondary N) is 1. The third-order valence-corrected chi connectivity index (χ3v) is 1.82. The Morgan fingerprint density at radius 2 is 2.40 bits per heavy atom. The van der Waals surface area contributed by atoms with Gasteiger partial charge in [-0.2, -0.15) is 0 Å². The van der Waals surface area contributed by atoms with Gasteiger partial charge in [-0.3, -0.25) is 5.10 Å². The van der Waals surface area contributed by atoms with Crippen LogP contribution in [-0.4, -0.2) is 26.3 Å². The largest absolute Gasteiger partial charge is 0.475 e. The summed E-state index contributed by atoms with van der Waals surface area (Å²) in [4.78, 5) is 14.3. The van der Waals surface area contributed by atoms with E-state index in [0.717, 1.165) is 5.57 Å². The Labute approximate surface area is 85.2 Å². The maximum absolute atomic E-state index is 10.5. The molecule has 2 rings (SSSR count). The molecule has 0 amide bonds. The molecule has 0 unspecified atom stereocenters. The molecule has 1 heterocycles. The number of aromatic nitrogens is 3. The zero-order valence-electron chi connectivity index (χ0n) is 7.69. The van der Waals surface area contributed by atoms with E-state index in [0.29, 0.717) is 12.2 Å². The van der Waals surface area contributed by atoms with Crippen molar-refractivity contribution in [2.45, 2.75) is 6.42 Å². The summed E-state index contributed by atoms with van der Waals surface area (Å²) in [6.45, 7) is 0. The van der Waals surface area contributed by atoms with Crippen molar-refractivity contribution in [2.75, 3.05) is 0 Å². The van der Waals surface area contributed by atoms with Crippen molar-refractivity contribution in [3.63, 3.8) is 0 Å². The summed E-state index contributed by atoms with van der Waals surface area (Å²) in [6.07, 6.45) is 5.87. The van der Waals surface area contributed by atoms with Gasteiger partial charge in [0.25, 0.3) is 5.82 Å². The predicted molar refractivity (Wildman–Crippen MR) is 51.3 cm³/mol. The van der Waals surface area contributed by atoms with Gasteiger partial charge in [0, 0.05) is 6.42 Å². The Morgan fingerprint density at radius 3 is 3.00 bits per heavy atom. The van der Waals surface area contributed by atoms with E-state index < -0.39 is 5.97 Å². The molecule has 0 spiro atoms. The number of nitrogens with zero attached hydrogens (tertiary/aromatic N) is 2. The number of aromatic amines is 1. The molecular formula is C10H7N3O2. The van der Waals surface area contributed by atoms with Gasteiger partial charge in [0.2, 0.25) is 0 Å². The number of carboxylic acids is 1. The molecule has 1 aliphatic rings. The van der Waals surface area contributed by atoms with E-state index in [1.54, 1.807) is 12.2 Å². The number of carbonyl (C=O) groups is 1. The first kappa shape index (κ1) is 9.21. The molecule has 0 atom stereocenters. The Morgan fingerprint density at radius 1 is 1.53 bits per heavy atom. The minimum absolute atomic E-state index is 0.212. The molecule has 0 radical (unpaired) electrons. The zero-order valence-corrected chi connectivity index (χ0v) is 7.69. The molecule has 2 N–H and O–H groups in total. The first-order chi connectivity index (χ1) is 7.25. The van der Waals surface area contributed by atoms with E-state index in [9.17, 15) is 4.79 Å². The van der Waals surface area contributed by atoms with Gasteiger partial charge >= 0.3 is 5.97 Å².